The van der Waals surface area contributed by atoms with Crippen LogP contribution in [0.3, 0.4) is 0 Å². The van der Waals surface area contributed by atoms with E-state index in [1.165, 1.54) is 7.11 Å². The number of fused-ring (bicyclic) bond motifs is 1. The van der Waals surface area contributed by atoms with Gasteiger partial charge in [0.15, 0.2) is 5.58 Å². The van der Waals surface area contributed by atoms with Gasteiger partial charge in [-0.3, -0.25) is 5.10 Å². The SMILES string of the molecule is COC(=O)[C@@H](Nc1ncc(-c2cn[nH]c2)cc1-c1nc2ccccc2o1)C(C)(C)C. The maximum atomic E-state index is 12.4. The van der Waals surface area contributed by atoms with Gasteiger partial charge < -0.3 is 14.5 Å². The van der Waals surface area contributed by atoms with Gasteiger partial charge in [0.2, 0.25) is 5.89 Å². The third-order valence-electron chi connectivity index (χ3n) is 4.83. The lowest BCUT2D eigenvalue weighted by Gasteiger charge is -2.30. The Kier molecular flexibility index (Phi) is 4.99. The van der Waals surface area contributed by atoms with Gasteiger partial charge in [0, 0.05) is 23.5 Å². The molecule has 0 aliphatic heterocycles. The lowest BCUT2D eigenvalue weighted by molar-refractivity contribution is -0.143. The van der Waals surface area contributed by atoms with Gasteiger partial charge in [-0.1, -0.05) is 32.9 Å². The largest absolute Gasteiger partial charge is 0.467 e. The van der Waals surface area contributed by atoms with Crippen LogP contribution in [0.25, 0.3) is 33.7 Å². The summed E-state index contributed by atoms with van der Waals surface area (Å²) in [5, 5.41) is 10.1. The second-order valence-corrected chi connectivity index (χ2v) is 8.06. The van der Waals surface area contributed by atoms with Crippen molar-refractivity contribution in [1.29, 1.82) is 0 Å². The topological polar surface area (TPSA) is 106 Å². The number of hydrogen-bond donors (Lipinski definition) is 2. The minimum absolute atomic E-state index is 0.369. The lowest BCUT2D eigenvalue weighted by Crippen LogP contribution is -2.42. The molecule has 154 valence electrons. The van der Waals surface area contributed by atoms with Crippen molar-refractivity contribution in [3.8, 4) is 22.6 Å². The Morgan fingerprint density at radius 3 is 2.67 bits per heavy atom. The van der Waals surface area contributed by atoms with Crippen molar-refractivity contribution in [3.63, 3.8) is 0 Å². The number of anilines is 1. The molecule has 0 saturated heterocycles. The molecule has 3 aromatic heterocycles. The molecule has 4 aromatic rings. The number of benzene rings is 1. The van der Waals surface area contributed by atoms with Gasteiger partial charge in [-0.15, -0.1) is 0 Å². The maximum absolute atomic E-state index is 12.4. The number of nitrogens with one attached hydrogen (secondary N) is 2. The first kappa shape index (κ1) is 19.6. The fourth-order valence-corrected chi connectivity index (χ4v) is 3.18. The van der Waals surface area contributed by atoms with E-state index in [1.807, 2.05) is 51.1 Å². The quantitative estimate of drug-likeness (QED) is 0.477. The minimum Gasteiger partial charge on any atom is -0.467 e. The van der Waals surface area contributed by atoms with Crippen molar-refractivity contribution < 1.29 is 13.9 Å². The zero-order chi connectivity index (χ0) is 21.3. The van der Waals surface area contributed by atoms with Crippen LogP contribution in [0.1, 0.15) is 20.8 Å². The Morgan fingerprint density at radius 1 is 1.20 bits per heavy atom. The highest BCUT2D eigenvalue weighted by atomic mass is 16.5. The van der Waals surface area contributed by atoms with E-state index in [1.54, 1.807) is 18.6 Å². The van der Waals surface area contributed by atoms with E-state index in [0.29, 0.717) is 22.9 Å². The second kappa shape index (κ2) is 7.62. The Labute approximate surface area is 173 Å². The Bertz CT molecular complexity index is 1140. The number of hydrogen-bond acceptors (Lipinski definition) is 7. The summed E-state index contributed by atoms with van der Waals surface area (Å²) in [5.74, 6) is 0.528. The predicted octanol–water partition coefficient (Wildman–Crippen LogP) is 4.28. The van der Waals surface area contributed by atoms with E-state index in [4.69, 9.17) is 9.15 Å². The number of carbonyl (C=O) groups is 1. The van der Waals surface area contributed by atoms with E-state index < -0.39 is 11.5 Å². The molecular formula is C22H23N5O3. The summed E-state index contributed by atoms with van der Waals surface area (Å²) in [4.78, 5) is 21.6. The first-order valence-corrected chi connectivity index (χ1v) is 9.56. The number of aromatic amines is 1. The second-order valence-electron chi connectivity index (χ2n) is 8.06. The smallest absolute Gasteiger partial charge is 0.328 e. The van der Waals surface area contributed by atoms with Crippen LogP contribution in [-0.4, -0.2) is 39.3 Å². The van der Waals surface area contributed by atoms with Gasteiger partial charge in [-0.2, -0.15) is 5.10 Å². The van der Waals surface area contributed by atoms with E-state index in [0.717, 1.165) is 16.6 Å². The molecule has 0 amide bonds. The number of nitrogens with zero attached hydrogens (tertiary/aromatic N) is 3. The number of rotatable bonds is 5. The molecule has 0 aliphatic carbocycles. The molecule has 0 saturated carbocycles. The number of aromatic nitrogens is 4. The maximum Gasteiger partial charge on any atom is 0.328 e. The summed E-state index contributed by atoms with van der Waals surface area (Å²) < 4.78 is 11.0. The monoisotopic (exact) mass is 405 g/mol. The zero-order valence-electron chi connectivity index (χ0n) is 17.3. The molecule has 1 aromatic carbocycles. The van der Waals surface area contributed by atoms with E-state index >= 15 is 0 Å². The van der Waals surface area contributed by atoms with Gasteiger partial charge in [-0.05, 0) is 23.6 Å². The van der Waals surface area contributed by atoms with Crippen molar-refractivity contribution in [2.75, 3.05) is 12.4 Å². The van der Waals surface area contributed by atoms with Gasteiger partial charge in [0.25, 0.3) is 0 Å². The van der Waals surface area contributed by atoms with Crippen LogP contribution in [0.2, 0.25) is 0 Å². The molecule has 0 radical (unpaired) electrons. The highest BCUT2D eigenvalue weighted by Gasteiger charge is 2.33. The highest BCUT2D eigenvalue weighted by molar-refractivity contribution is 5.85. The number of esters is 1. The van der Waals surface area contributed by atoms with Crippen LogP contribution in [0.5, 0.6) is 0 Å². The Balaban J connectivity index is 1.84. The molecule has 0 aliphatic rings. The number of carbonyl (C=O) groups excluding carboxylic acids is 1. The van der Waals surface area contributed by atoms with Crippen LogP contribution in [0, 0.1) is 5.41 Å². The molecule has 3 heterocycles. The summed E-state index contributed by atoms with van der Waals surface area (Å²) in [7, 11) is 1.37. The molecule has 0 unspecified atom stereocenters. The van der Waals surface area contributed by atoms with Gasteiger partial charge >= 0.3 is 5.97 Å². The minimum atomic E-state index is -0.613. The van der Waals surface area contributed by atoms with Crippen LogP contribution >= 0.6 is 0 Å². The van der Waals surface area contributed by atoms with Crippen molar-refractivity contribution in [2.45, 2.75) is 26.8 Å². The molecule has 8 nitrogen and oxygen atoms in total. The number of ether oxygens (including phenoxy) is 1. The molecular weight excluding hydrogens is 382 g/mol. The van der Waals surface area contributed by atoms with Crippen molar-refractivity contribution >= 4 is 22.9 Å². The van der Waals surface area contributed by atoms with Crippen molar-refractivity contribution in [2.24, 2.45) is 5.41 Å². The molecule has 0 bridgehead atoms. The highest BCUT2D eigenvalue weighted by Crippen LogP contribution is 2.34. The van der Waals surface area contributed by atoms with E-state index in [9.17, 15) is 4.79 Å². The molecule has 0 spiro atoms. The number of pyridine rings is 1. The lowest BCUT2D eigenvalue weighted by atomic mass is 9.86. The van der Waals surface area contributed by atoms with Crippen molar-refractivity contribution in [3.05, 3.63) is 48.9 Å². The zero-order valence-corrected chi connectivity index (χ0v) is 17.3. The van der Waals surface area contributed by atoms with E-state index in [-0.39, 0.29) is 5.97 Å². The molecule has 0 fully saturated rings. The molecule has 2 N–H and O–H groups in total. The summed E-state index contributed by atoms with van der Waals surface area (Å²) in [5.41, 5.74) is 3.38. The number of H-pyrrole nitrogens is 1. The van der Waals surface area contributed by atoms with Gasteiger partial charge in [0.1, 0.15) is 17.4 Å². The number of methoxy groups -OCH3 is 1. The first-order valence-electron chi connectivity index (χ1n) is 9.56. The van der Waals surface area contributed by atoms with E-state index in [2.05, 4.69) is 25.5 Å². The van der Waals surface area contributed by atoms with Gasteiger partial charge in [-0.25, -0.2) is 14.8 Å². The summed E-state index contributed by atoms with van der Waals surface area (Å²) in [6.07, 6.45) is 5.22. The third kappa shape index (κ3) is 3.76. The van der Waals surface area contributed by atoms with Crippen molar-refractivity contribution in [1.82, 2.24) is 20.2 Å². The first-order chi connectivity index (χ1) is 14.4. The Hall–Kier alpha value is -3.68. The summed E-state index contributed by atoms with van der Waals surface area (Å²) in [6, 6.07) is 8.85. The average molecular weight is 405 g/mol. The number of para-hydroxylation sites is 2. The van der Waals surface area contributed by atoms with Gasteiger partial charge in [0.05, 0.1) is 18.9 Å². The standard InChI is InChI=1S/C22H23N5O3/c1-22(2,3)18(21(28)29-4)27-19-15(9-13(10-23-19)14-11-24-25-12-14)20-26-16-7-5-6-8-17(16)30-20/h5-12,18H,1-4H3,(H,23,27)(H,24,25)/t18-/m1/s1. The fraction of sp³-hybridized carbons (Fsp3) is 0.273. The summed E-state index contributed by atoms with van der Waals surface area (Å²) >= 11 is 0. The normalized spacial score (nSPS) is 12.7. The predicted molar refractivity (Wildman–Crippen MR) is 114 cm³/mol. The molecule has 30 heavy (non-hydrogen) atoms. The van der Waals surface area contributed by atoms with Crippen LogP contribution in [0.4, 0.5) is 5.82 Å². The fourth-order valence-electron chi connectivity index (χ4n) is 3.18. The Morgan fingerprint density at radius 2 is 2.00 bits per heavy atom. The molecule has 4 rings (SSSR count). The number of oxazole rings is 1. The molecule has 1 atom stereocenters. The van der Waals surface area contributed by atoms with Crippen LogP contribution < -0.4 is 5.32 Å². The van der Waals surface area contributed by atoms with Crippen LogP contribution in [0.15, 0.2) is 53.3 Å². The third-order valence-corrected chi connectivity index (χ3v) is 4.83. The van der Waals surface area contributed by atoms with Crippen LogP contribution in [-0.2, 0) is 9.53 Å². The molecule has 8 heteroatoms. The summed E-state index contributed by atoms with van der Waals surface area (Å²) in [6.45, 7) is 5.88. The average Bonchev–Trinajstić information content (AvgIpc) is 3.40.